The zero-order valence-electron chi connectivity index (χ0n) is 12.9. The van der Waals surface area contributed by atoms with Crippen molar-refractivity contribution >= 4 is 15.8 Å². The monoisotopic (exact) mass is 299 g/mol. The van der Waals surface area contributed by atoms with Gasteiger partial charge >= 0.3 is 0 Å². The zero-order chi connectivity index (χ0) is 15.4. The molecule has 0 fully saturated rings. The number of anilines is 1. The van der Waals surface area contributed by atoms with Crippen LogP contribution in [0.3, 0.4) is 0 Å². The van der Waals surface area contributed by atoms with Crippen LogP contribution in [0.2, 0.25) is 0 Å². The smallest absolute Gasteiger partial charge is 0.242 e. The second-order valence-corrected chi connectivity index (χ2v) is 7.64. The SMILES string of the molecule is CCNc1ccc(S(=O)(=O)NCC(C)(C)C(C)C)cn1. The van der Waals surface area contributed by atoms with Crippen LogP contribution in [0.1, 0.15) is 34.6 Å². The molecule has 0 bridgehead atoms. The first kappa shape index (κ1) is 16.9. The van der Waals surface area contributed by atoms with Gasteiger partial charge in [0.15, 0.2) is 0 Å². The van der Waals surface area contributed by atoms with Gasteiger partial charge in [0.2, 0.25) is 10.0 Å². The van der Waals surface area contributed by atoms with Crippen LogP contribution in [0.15, 0.2) is 23.2 Å². The molecule has 0 saturated carbocycles. The van der Waals surface area contributed by atoms with Gasteiger partial charge in [-0.3, -0.25) is 0 Å². The second-order valence-electron chi connectivity index (χ2n) is 5.88. The van der Waals surface area contributed by atoms with Gasteiger partial charge in [0, 0.05) is 19.3 Å². The van der Waals surface area contributed by atoms with Gasteiger partial charge in [-0.25, -0.2) is 18.1 Å². The Kier molecular flexibility index (Phi) is 5.53. The quantitative estimate of drug-likeness (QED) is 0.811. The molecule has 114 valence electrons. The van der Waals surface area contributed by atoms with E-state index in [4.69, 9.17) is 0 Å². The predicted octanol–water partition coefficient (Wildman–Crippen LogP) is 2.47. The third-order valence-electron chi connectivity index (χ3n) is 3.69. The van der Waals surface area contributed by atoms with E-state index in [1.54, 1.807) is 12.1 Å². The normalized spacial score (nSPS) is 12.7. The van der Waals surface area contributed by atoms with Gasteiger partial charge in [0.05, 0.1) is 0 Å². The lowest BCUT2D eigenvalue weighted by Gasteiger charge is -2.29. The minimum atomic E-state index is -3.50. The van der Waals surface area contributed by atoms with Crippen molar-refractivity contribution in [3.05, 3.63) is 18.3 Å². The molecule has 0 aromatic carbocycles. The summed E-state index contributed by atoms with van der Waals surface area (Å²) in [4.78, 5) is 4.28. The van der Waals surface area contributed by atoms with Crippen molar-refractivity contribution in [2.75, 3.05) is 18.4 Å². The number of pyridine rings is 1. The molecule has 2 N–H and O–H groups in total. The van der Waals surface area contributed by atoms with E-state index in [-0.39, 0.29) is 10.3 Å². The highest BCUT2D eigenvalue weighted by Gasteiger charge is 2.25. The van der Waals surface area contributed by atoms with Gasteiger partial charge in [-0.15, -0.1) is 0 Å². The molecule has 0 atom stereocenters. The Morgan fingerprint density at radius 2 is 1.95 bits per heavy atom. The lowest BCUT2D eigenvalue weighted by atomic mass is 9.81. The van der Waals surface area contributed by atoms with Crippen LogP contribution in [0, 0.1) is 11.3 Å². The van der Waals surface area contributed by atoms with Gasteiger partial charge in [0.1, 0.15) is 10.7 Å². The first-order valence-electron chi connectivity index (χ1n) is 6.88. The molecule has 0 aliphatic carbocycles. The summed E-state index contributed by atoms with van der Waals surface area (Å²) in [7, 11) is -3.50. The number of aromatic nitrogens is 1. The molecule has 0 aliphatic rings. The van der Waals surface area contributed by atoms with E-state index >= 15 is 0 Å². The summed E-state index contributed by atoms with van der Waals surface area (Å²) < 4.78 is 27.1. The second kappa shape index (κ2) is 6.54. The van der Waals surface area contributed by atoms with Crippen molar-refractivity contribution in [2.45, 2.75) is 39.5 Å². The molecule has 0 saturated heterocycles. The van der Waals surface area contributed by atoms with Gasteiger partial charge in [0.25, 0.3) is 0 Å². The van der Waals surface area contributed by atoms with Crippen LogP contribution in [0.5, 0.6) is 0 Å². The molecular formula is C14H25N3O2S. The van der Waals surface area contributed by atoms with Crippen molar-refractivity contribution in [2.24, 2.45) is 11.3 Å². The fourth-order valence-corrected chi connectivity index (χ4v) is 2.56. The Labute approximate surface area is 122 Å². The summed E-state index contributed by atoms with van der Waals surface area (Å²) in [6, 6.07) is 3.24. The van der Waals surface area contributed by atoms with Crippen LogP contribution < -0.4 is 10.0 Å². The number of nitrogens with one attached hydrogen (secondary N) is 2. The van der Waals surface area contributed by atoms with Gasteiger partial charge in [-0.1, -0.05) is 27.7 Å². The maximum Gasteiger partial charge on any atom is 0.242 e. The summed E-state index contributed by atoms with van der Waals surface area (Å²) in [5.74, 6) is 1.06. The first-order valence-corrected chi connectivity index (χ1v) is 8.37. The molecule has 0 radical (unpaired) electrons. The molecule has 1 heterocycles. The van der Waals surface area contributed by atoms with Crippen LogP contribution in [-0.4, -0.2) is 26.5 Å². The zero-order valence-corrected chi connectivity index (χ0v) is 13.7. The molecule has 1 rings (SSSR count). The van der Waals surface area contributed by atoms with Gasteiger partial charge in [-0.2, -0.15) is 0 Å². The van der Waals surface area contributed by atoms with Crippen molar-refractivity contribution in [3.63, 3.8) is 0 Å². The Morgan fingerprint density at radius 1 is 1.30 bits per heavy atom. The highest BCUT2D eigenvalue weighted by atomic mass is 32.2. The Bertz CT molecular complexity index is 522. The van der Waals surface area contributed by atoms with E-state index in [9.17, 15) is 8.42 Å². The van der Waals surface area contributed by atoms with Crippen molar-refractivity contribution in [1.29, 1.82) is 0 Å². The van der Waals surface area contributed by atoms with Crippen LogP contribution in [0.4, 0.5) is 5.82 Å². The summed E-state index contributed by atoms with van der Waals surface area (Å²) in [6.07, 6.45) is 1.38. The van der Waals surface area contributed by atoms with Gasteiger partial charge in [-0.05, 0) is 30.4 Å². The molecule has 1 aromatic rings. The van der Waals surface area contributed by atoms with E-state index < -0.39 is 10.0 Å². The van der Waals surface area contributed by atoms with E-state index in [0.29, 0.717) is 18.3 Å². The number of rotatable bonds is 7. The average Bonchev–Trinajstić information content (AvgIpc) is 2.38. The van der Waals surface area contributed by atoms with Crippen LogP contribution >= 0.6 is 0 Å². The fraction of sp³-hybridized carbons (Fsp3) is 0.643. The Hall–Kier alpha value is -1.14. The number of sulfonamides is 1. The van der Waals surface area contributed by atoms with Crippen molar-refractivity contribution in [1.82, 2.24) is 9.71 Å². The molecule has 0 aliphatic heterocycles. The number of hydrogen-bond donors (Lipinski definition) is 2. The molecule has 6 heteroatoms. The van der Waals surface area contributed by atoms with E-state index in [1.165, 1.54) is 6.20 Å². The summed E-state index contributed by atoms with van der Waals surface area (Å²) in [5.41, 5.74) is -0.0931. The van der Waals surface area contributed by atoms with Crippen molar-refractivity contribution in [3.8, 4) is 0 Å². The summed E-state index contributed by atoms with van der Waals surface area (Å²) in [6.45, 7) is 11.4. The Morgan fingerprint density at radius 3 is 2.40 bits per heavy atom. The standard InChI is InChI=1S/C14H25N3O2S/c1-6-15-13-8-7-12(9-16-13)20(18,19)17-10-14(4,5)11(2)3/h7-9,11,17H,6,10H2,1-5H3,(H,15,16). The molecule has 0 unspecified atom stereocenters. The lowest BCUT2D eigenvalue weighted by Crippen LogP contribution is -2.37. The fourth-order valence-electron chi connectivity index (χ4n) is 1.39. The van der Waals surface area contributed by atoms with Crippen molar-refractivity contribution < 1.29 is 8.42 Å². The minimum Gasteiger partial charge on any atom is -0.370 e. The lowest BCUT2D eigenvalue weighted by molar-refractivity contribution is 0.252. The molecule has 20 heavy (non-hydrogen) atoms. The minimum absolute atomic E-state index is 0.0931. The molecular weight excluding hydrogens is 274 g/mol. The number of hydrogen-bond acceptors (Lipinski definition) is 4. The molecule has 0 spiro atoms. The maximum atomic E-state index is 12.2. The first-order chi connectivity index (χ1) is 9.19. The summed E-state index contributed by atoms with van der Waals surface area (Å²) in [5, 5.41) is 3.03. The largest absolute Gasteiger partial charge is 0.370 e. The topological polar surface area (TPSA) is 71.1 Å². The molecule has 5 nitrogen and oxygen atoms in total. The van der Waals surface area contributed by atoms with E-state index in [0.717, 1.165) is 6.54 Å². The number of nitrogens with zero attached hydrogens (tertiary/aromatic N) is 1. The molecule has 1 aromatic heterocycles. The van der Waals surface area contributed by atoms with E-state index in [2.05, 4.69) is 28.9 Å². The highest BCUT2D eigenvalue weighted by molar-refractivity contribution is 7.89. The van der Waals surface area contributed by atoms with Gasteiger partial charge < -0.3 is 5.32 Å². The van der Waals surface area contributed by atoms with E-state index in [1.807, 2.05) is 20.8 Å². The highest BCUT2D eigenvalue weighted by Crippen LogP contribution is 2.25. The predicted molar refractivity (Wildman–Crippen MR) is 82.2 cm³/mol. The third-order valence-corrected chi connectivity index (χ3v) is 5.07. The summed E-state index contributed by atoms with van der Waals surface area (Å²) >= 11 is 0. The Balaban J connectivity index is 2.79. The molecule has 0 amide bonds. The van der Waals surface area contributed by atoms with Crippen LogP contribution in [0.25, 0.3) is 0 Å². The third kappa shape index (κ3) is 4.45. The maximum absolute atomic E-state index is 12.2. The average molecular weight is 299 g/mol. The van der Waals surface area contributed by atoms with Crippen LogP contribution in [-0.2, 0) is 10.0 Å².